The molecule has 0 aliphatic heterocycles. The van der Waals surface area contributed by atoms with E-state index in [4.69, 9.17) is 5.73 Å². The summed E-state index contributed by atoms with van der Waals surface area (Å²) in [7, 11) is 2.12. The highest BCUT2D eigenvalue weighted by Gasteiger charge is 2.17. The van der Waals surface area contributed by atoms with Crippen molar-refractivity contribution in [2.45, 2.75) is 39.2 Å². The Balaban J connectivity index is 1.95. The molecule has 0 atom stereocenters. The number of nitrogens with two attached hydrogens (primary N) is 1. The Bertz CT molecular complexity index is 882. The maximum atomic E-state index is 5.95. The van der Waals surface area contributed by atoms with Crippen LogP contribution in [0.5, 0.6) is 0 Å². The molecule has 136 valence electrons. The second-order valence-corrected chi connectivity index (χ2v) is 7.83. The van der Waals surface area contributed by atoms with Crippen LogP contribution in [0.4, 0.5) is 5.69 Å². The van der Waals surface area contributed by atoms with Gasteiger partial charge in [-0.3, -0.25) is 9.97 Å². The average molecular weight is 348 g/mol. The van der Waals surface area contributed by atoms with Crippen molar-refractivity contribution in [1.29, 1.82) is 0 Å². The van der Waals surface area contributed by atoms with Crippen molar-refractivity contribution in [2.24, 2.45) is 5.73 Å². The van der Waals surface area contributed by atoms with Gasteiger partial charge in [-0.2, -0.15) is 0 Å². The lowest BCUT2D eigenvalue weighted by molar-refractivity contribution is 0.591. The van der Waals surface area contributed by atoms with Gasteiger partial charge in [-0.1, -0.05) is 32.9 Å². The van der Waals surface area contributed by atoms with Gasteiger partial charge in [0.25, 0.3) is 0 Å². The van der Waals surface area contributed by atoms with Crippen LogP contribution in [-0.4, -0.2) is 23.6 Å². The monoisotopic (exact) mass is 348 g/mol. The molecule has 26 heavy (non-hydrogen) atoms. The number of aromatic nitrogens is 2. The topological polar surface area (TPSA) is 55.0 Å². The smallest absolute Gasteiger partial charge is 0.0630 e. The molecule has 3 rings (SSSR count). The second kappa shape index (κ2) is 7.42. The van der Waals surface area contributed by atoms with Crippen molar-refractivity contribution in [1.82, 2.24) is 9.97 Å². The zero-order valence-electron chi connectivity index (χ0n) is 16.2. The first-order valence-corrected chi connectivity index (χ1v) is 9.12. The van der Waals surface area contributed by atoms with Gasteiger partial charge < -0.3 is 10.6 Å². The van der Waals surface area contributed by atoms with Crippen LogP contribution in [0.15, 0.2) is 48.9 Å². The lowest BCUT2D eigenvalue weighted by Crippen LogP contribution is -2.21. The lowest BCUT2D eigenvalue weighted by Gasteiger charge is -2.24. The molecule has 0 saturated heterocycles. The Kier molecular flexibility index (Phi) is 5.23. The SMILES string of the molecule is CN(CCc1ccncc1)c1cnc(CN)c2cc(C(C)(C)C)ccc12. The Morgan fingerprint density at radius 3 is 2.42 bits per heavy atom. The first-order chi connectivity index (χ1) is 12.4. The van der Waals surface area contributed by atoms with Crippen molar-refractivity contribution in [2.75, 3.05) is 18.5 Å². The number of likely N-dealkylation sites (N-methyl/N-ethyl adjacent to an activating group) is 1. The van der Waals surface area contributed by atoms with E-state index in [0.29, 0.717) is 6.54 Å². The molecule has 2 N–H and O–H groups in total. The molecular formula is C22H28N4. The van der Waals surface area contributed by atoms with Crippen LogP contribution in [0.1, 0.15) is 37.6 Å². The molecule has 0 unspecified atom stereocenters. The van der Waals surface area contributed by atoms with Gasteiger partial charge in [-0.05, 0) is 41.2 Å². The Labute approximate surface area is 156 Å². The number of hydrogen-bond acceptors (Lipinski definition) is 4. The summed E-state index contributed by atoms with van der Waals surface area (Å²) in [5, 5.41) is 2.37. The largest absolute Gasteiger partial charge is 0.373 e. The highest BCUT2D eigenvalue weighted by Crippen LogP contribution is 2.32. The van der Waals surface area contributed by atoms with E-state index in [1.165, 1.54) is 16.5 Å². The molecule has 1 aromatic carbocycles. The number of hydrogen-bond donors (Lipinski definition) is 1. The molecule has 2 aromatic heterocycles. The fourth-order valence-electron chi connectivity index (χ4n) is 3.18. The van der Waals surface area contributed by atoms with E-state index in [2.05, 4.69) is 73.0 Å². The van der Waals surface area contributed by atoms with Gasteiger partial charge in [0.2, 0.25) is 0 Å². The van der Waals surface area contributed by atoms with Crippen LogP contribution in [0.2, 0.25) is 0 Å². The van der Waals surface area contributed by atoms with Gasteiger partial charge in [-0.15, -0.1) is 0 Å². The predicted octanol–water partition coefficient (Wildman–Crippen LogP) is 4.06. The summed E-state index contributed by atoms with van der Waals surface area (Å²) in [6, 6.07) is 10.8. The molecule has 0 spiro atoms. The Morgan fingerprint density at radius 2 is 1.77 bits per heavy atom. The number of nitrogens with zero attached hydrogens (tertiary/aromatic N) is 3. The lowest BCUT2D eigenvalue weighted by atomic mass is 9.85. The van der Waals surface area contributed by atoms with E-state index >= 15 is 0 Å². The van der Waals surface area contributed by atoms with Crippen molar-refractivity contribution in [3.63, 3.8) is 0 Å². The van der Waals surface area contributed by atoms with Crippen LogP contribution in [-0.2, 0) is 18.4 Å². The number of fused-ring (bicyclic) bond motifs is 1. The fraction of sp³-hybridized carbons (Fsp3) is 0.364. The zero-order valence-corrected chi connectivity index (χ0v) is 16.2. The van der Waals surface area contributed by atoms with Crippen molar-refractivity contribution in [3.8, 4) is 0 Å². The molecule has 0 amide bonds. The van der Waals surface area contributed by atoms with Crippen LogP contribution < -0.4 is 10.6 Å². The van der Waals surface area contributed by atoms with Gasteiger partial charge >= 0.3 is 0 Å². The van der Waals surface area contributed by atoms with E-state index in [9.17, 15) is 0 Å². The van der Waals surface area contributed by atoms with Crippen LogP contribution in [0, 0.1) is 0 Å². The molecule has 0 radical (unpaired) electrons. The predicted molar refractivity (Wildman–Crippen MR) is 110 cm³/mol. The standard InChI is InChI=1S/C22H28N4/c1-22(2,3)17-5-6-18-19(13-17)20(14-23)25-15-21(18)26(4)12-9-16-7-10-24-11-8-16/h5-8,10-11,13,15H,9,12,14,23H2,1-4H3. The molecule has 0 aliphatic rings. The van der Waals surface area contributed by atoms with E-state index in [1.807, 2.05) is 18.6 Å². The summed E-state index contributed by atoms with van der Waals surface area (Å²) in [4.78, 5) is 11.0. The van der Waals surface area contributed by atoms with Crippen LogP contribution >= 0.6 is 0 Å². The van der Waals surface area contributed by atoms with Crippen molar-refractivity contribution < 1.29 is 0 Å². The highest BCUT2D eigenvalue weighted by molar-refractivity contribution is 5.95. The molecule has 4 nitrogen and oxygen atoms in total. The average Bonchev–Trinajstić information content (AvgIpc) is 2.64. The molecule has 0 saturated carbocycles. The Morgan fingerprint density at radius 1 is 1.04 bits per heavy atom. The second-order valence-electron chi connectivity index (χ2n) is 7.83. The minimum absolute atomic E-state index is 0.101. The van der Waals surface area contributed by atoms with Gasteiger partial charge in [0, 0.05) is 43.3 Å². The van der Waals surface area contributed by atoms with E-state index in [-0.39, 0.29) is 5.41 Å². The molecule has 3 aromatic rings. The normalized spacial score (nSPS) is 11.7. The summed E-state index contributed by atoms with van der Waals surface area (Å²) in [5.74, 6) is 0. The molecular weight excluding hydrogens is 320 g/mol. The van der Waals surface area contributed by atoms with E-state index < -0.39 is 0 Å². The maximum absolute atomic E-state index is 5.95. The Hall–Kier alpha value is -2.46. The molecule has 0 bridgehead atoms. The minimum Gasteiger partial charge on any atom is -0.373 e. The zero-order chi connectivity index (χ0) is 18.7. The molecule has 0 fully saturated rings. The molecule has 2 heterocycles. The summed E-state index contributed by atoms with van der Waals surface area (Å²) in [6.07, 6.45) is 6.61. The molecule has 4 heteroatoms. The number of benzene rings is 1. The quantitative estimate of drug-likeness (QED) is 0.755. The van der Waals surface area contributed by atoms with E-state index in [1.54, 1.807) is 0 Å². The number of rotatable bonds is 5. The highest BCUT2D eigenvalue weighted by atomic mass is 15.1. The third-order valence-electron chi connectivity index (χ3n) is 4.90. The minimum atomic E-state index is 0.101. The maximum Gasteiger partial charge on any atom is 0.0630 e. The molecule has 0 aliphatic carbocycles. The summed E-state index contributed by atoms with van der Waals surface area (Å²) >= 11 is 0. The third kappa shape index (κ3) is 3.86. The number of anilines is 1. The summed E-state index contributed by atoms with van der Waals surface area (Å²) < 4.78 is 0. The van der Waals surface area contributed by atoms with Crippen LogP contribution in [0.3, 0.4) is 0 Å². The number of pyridine rings is 2. The third-order valence-corrected chi connectivity index (χ3v) is 4.90. The first kappa shape index (κ1) is 18.3. The van der Waals surface area contributed by atoms with E-state index in [0.717, 1.165) is 29.7 Å². The fourth-order valence-corrected chi connectivity index (χ4v) is 3.18. The first-order valence-electron chi connectivity index (χ1n) is 9.12. The summed E-state index contributed by atoms with van der Waals surface area (Å²) in [6.45, 7) is 8.06. The van der Waals surface area contributed by atoms with Gasteiger partial charge in [-0.25, -0.2) is 0 Å². The van der Waals surface area contributed by atoms with Gasteiger partial charge in [0.1, 0.15) is 0 Å². The van der Waals surface area contributed by atoms with Crippen LogP contribution in [0.25, 0.3) is 10.8 Å². The summed E-state index contributed by atoms with van der Waals surface area (Å²) in [5.41, 5.74) is 10.7. The van der Waals surface area contributed by atoms with Gasteiger partial charge in [0.05, 0.1) is 17.6 Å². The van der Waals surface area contributed by atoms with Gasteiger partial charge in [0.15, 0.2) is 0 Å². The van der Waals surface area contributed by atoms with Crippen molar-refractivity contribution >= 4 is 16.5 Å². The van der Waals surface area contributed by atoms with Crippen molar-refractivity contribution in [3.05, 3.63) is 65.7 Å².